The number of rotatable bonds is 10. The lowest BCUT2D eigenvalue weighted by Crippen LogP contribution is -2.18. The molecular formula is C21H29OS+. The van der Waals surface area contributed by atoms with Crippen LogP contribution in [0.15, 0.2) is 42.5 Å². The topological polar surface area (TPSA) is 17.1 Å². The third-order valence-corrected chi connectivity index (χ3v) is 6.04. The van der Waals surface area contributed by atoms with E-state index in [0.717, 1.165) is 10.9 Å². The first-order valence-electron chi connectivity index (χ1n) is 8.82. The van der Waals surface area contributed by atoms with Crippen molar-refractivity contribution in [3.63, 3.8) is 0 Å². The van der Waals surface area contributed by atoms with Gasteiger partial charge in [0.05, 0.1) is 6.26 Å². The van der Waals surface area contributed by atoms with Crippen molar-refractivity contribution in [1.82, 2.24) is 0 Å². The van der Waals surface area contributed by atoms with Crippen LogP contribution in [0.3, 0.4) is 0 Å². The molecule has 0 aliphatic heterocycles. The molecule has 0 fully saturated rings. The fourth-order valence-corrected chi connectivity index (χ4v) is 4.33. The third kappa shape index (κ3) is 6.02. The van der Waals surface area contributed by atoms with Crippen molar-refractivity contribution in [2.45, 2.75) is 45.4 Å². The Balaban J connectivity index is 1.78. The minimum atomic E-state index is 0.209. The van der Waals surface area contributed by atoms with E-state index in [-0.39, 0.29) is 10.9 Å². The molecular weight excluding hydrogens is 300 g/mol. The fourth-order valence-electron chi connectivity index (χ4n) is 2.87. The van der Waals surface area contributed by atoms with Gasteiger partial charge >= 0.3 is 0 Å². The Hall–Kier alpha value is -1.28. The van der Waals surface area contributed by atoms with Crippen molar-refractivity contribution >= 4 is 27.5 Å². The molecule has 0 radical (unpaired) electrons. The summed E-state index contributed by atoms with van der Waals surface area (Å²) in [6.07, 6.45) is 10.2. The lowest BCUT2D eigenvalue weighted by atomic mass is 10.1. The van der Waals surface area contributed by atoms with E-state index in [1.165, 1.54) is 49.7 Å². The van der Waals surface area contributed by atoms with Gasteiger partial charge in [0.15, 0.2) is 5.75 Å². The van der Waals surface area contributed by atoms with E-state index >= 15 is 0 Å². The van der Waals surface area contributed by atoms with Crippen LogP contribution in [0.25, 0.3) is 10.8 Å². The molecule has 0 bridgehead atoms. The summed E-state index contributed by atoms with van der Waals surface area (Å²) >= 11 is 0. The van der Waals surface area contributed by atoms with Crippen LogP contribution in [0, 0.1) is 0 Å². The molecule has 0 spiro atoms. The Morgan fingerprint density at radius 2 is 1.61 bits per heavy atom. The molecule has 2 rings (SSSR count). The highest BCUT2D eigenvalue weighted by Gasteiger charge is 2.18. The van der Waals surface area contributed by atoms with Gasteiger partial charge in [-0.1, -0.05) is 69.0 Å². The molecule has 2 aromatic rings. The van der Waals surface area contributed by atoms with Gasteiger partial charge in [-0.25, -0.2) is 0 Å². The molecule has 0 aromatic heterocycles. The monoisotopic (exact) mass is 329 g/mol. The van der Waals surface area contributed by atoms with E-state index in [4.69, 9.17) is 0 Å². The quantitative estimate of drug-likeness (QED) is 0.313. The van der Waals surface area contributed by atoms with Gasteiger partial charge in [-0.15, -0.1) is 0 Å². The average Bonchev–Trinajstić information content (AvgIpc) is 2.57. The summed E-state index contributed by atoms with van der Waals surface area (Å²) in [4.78, 5) is 12.5. The number of ketones is 1. The van der Waals surface area contributed by atoms with Gasteiger partial charge in [0.25, 0.3) is 0 Å². The standard InChI is InChI=1S/C21H29OS/c1-3-4-5-6-7-10-15-23(2)17-21(22)20-14-13-18-11-8-9-12-19(18)16-20/h8-9,11-14,16H,3-7,10,15,17H2,1-2H3/q+1. The first-order chi connectivity index (χ1) is 11.2. The molecule has 1 atom stereocenters. The molecule has 23 heavy (non-hydrogen) atoms. The SMILES string of the molecule is CCCCCCCC[S+](C)CC(=O)c1ccc2ccccc2c1. The lowest BCUT2D eigenvalue weighted by molar-refractivity contribution is 0.102. The van der Waals surface area contributed by atoms with E-state index in [0.29, 0.717) is 11.5 Å². The van der Waals surface area contributed by atoms with E-state index in [2.05, 4.69) is 31.4 Å². The summed E-state index contributed by atoms with van der Waals surface area (Å²) in [5.74, 6) is 2.20. The number of hydrogen-bond acceptors (Lipinski definition) is 1. The Bertz CT molecular complexity index is 620. The third-order valence-electron chi connectivity index (χ3n) is 4.30. The zero-order valence-electron chi connectivity index (χ0n) is 14.5. The maximum absolute atomic E-state index is 12.5. The Morgan fingerprint density at radius 3 is 2.39 bits per heavy atom. The number of Topliss-reactive ketones (excluding diaryl/α,β-unsaturated/α-hetero) is 1. The molecule has 0 heterocycles. The summed E-state index contributed by atoms with van der Waals surface area (Å²) in [5, 5.41) is 2.36. The van der Waals surface area contributed by atoms with Gasteiger partial charge in [-0.3, -0.25) is 4.79 Å². The summed E-state index contributed by atoms with van der Waals surface area (Å²) in [6.45, 7) is 2.25. The highest BCUT2D eigenvalue weighted by Crippen LogP contribution is 2.17. The van der Waals surface area contributed by atoms with Gasteiger partial charge in [0.2, 0.25) is 5.78 Å². The van der Waals surface area contributed by atoms with Crippen LogP contribution in [-0.4, -0.2) is 23.5 Å². The number of benzene rings is 2. The summed E-state index contributed by atoms with van der Waals surface area (Å²) < 4.78 is 0. The predicted molar refractivity (Wildman–Crippen MR) is 105 cm³/mol. The van der Waals surface area contributed by atoms with Crippen LogP contribution in [0.1, 0.15) is 55.8 Å². The Labute approximate surface area is 143 Å². The number of hydrogen-bond donors (Lipinski definition) is 0. The fraction of sp³-hybridized carbons (Fsp3) is 0.476. The van der Waals surface area contributed by atoms with E-state index < -0.39 is 0 Å². The van der Waals surface area contributed by atoms with Gasteiger partial charge in [0, 0.05) is 5.56 Å². The Morgan fingerprint density at radius 1 is 0.913 bits per heavy atom. The average molecular weight is 330 g/mol. The van der Waals surface area contributed by atoms with Crippen molar-refractivity contribution in [1.29, 1.82) is 0 Å². The largest absolute Gasteiger partial charge is 0.289 e. The first kappa shape index (κ1) is 18.1. The minimum Gasteiger partial charge on any atom is -0.289 e. The van der Waals surface area contributed by atoms with Crippen molar-refractivity contribution < 1.29 is 4.79 Å². The molecule has 2 heteroatoms. The highest BCUT2D eigenvalue weighted by molar-refractivity contribution is 7.96. The molecule has 0 aliphatic rings. The van der Waals surface area contributed by atoms with Crippen LogP contribution >= 0.6 is 0 Å². The molecule has 0 N–H and O–H groups in total. The van der Waals surface area contributed by atoms with Crippen LogP contribution in [-0.2, 0) is 10.9 Å². The molecule has 0 saturated heterocycles. The zero-order chi connectivity index (χ0) is 16.5. The van der Waals surface area contributed by atoms with Gasteiger partial charge in [0.1, 0.15) is 5.75 Å². The maximum Gasteiger partial charge on any atom is 0.211 e. The summed E-state index contributed by atoms with van der Waals surface area (Å²) in [7, 11) is 0.209. The van der Waals surface area contributed by atoms with Gasteiger partial charge < -0.3 is 0 Å². The molecule has 1 unspecified atom stereocenters. The van der Waals surface area contributed by atoms with Crippen molar-refractivity contribution in [2.75, 3.05) is 17.8 Å². The molecule has 2 aromatic carbocycles. The number of carbonyl (C=O) groups excluding carboxylic acids is 1. The van der Waals surface area contributed by atoms with Crippen LogP contribution in [0.2, 0.25) is 0 Å². The maximum atomic E-state index is 12.5. The summed E-state index contributed by atoms with van der Waals surface area (Å²) in [6, 6.07) is 14.3. The van der Waals surface area contributed by atoms with Crippen molar-refractivity contribution in [3.8, 4) is 0 Å². The van der Waals surface area contributed by atoms with Crippen molar-refractivity contribution in [2.24, 2.45) is 0 Å². The minimum absolute atomic E-state index is 0.209. The normalized spacial score (nSPS) is 12.4. The van der Waals surface area contributed by atoms with Crippen LogP contribution in [0.5, 0.6) is 0 Å². The number of unbranched alkanes of at least 4 members (excludes halogenated alkanes) is 5. The van der Waals surface area contributed by atoms with Gasteiger partial charge in [-0.2, -0.15) is 0 Å². The molecule has 0 aliphatic carbocycles. The lowest BCUT2D eigenvalue weighted by Gasteiger charge is -2.05. The zero-order valence-corrected chi connectivity index (χ0v) is 15.3. The number of carbonyl (C=O) groups is 1. The molecule has 124 valence electrons. The van der Waals surface area contributed by atoms with Crippen molar-refractivity contribution in [3.05, 3.63) is 48.0 Å². The van der Waals surface area contributed by atoms with E-state index in [1.807, 2.05) is 24.3 Å². The van der Waals surface area contributed by atoms with E-state index in [9.17, 15) is 4.79 Å². The van der Waals surface area contributed by atoms with Crippen LogP contribution < -0.4 is 0 Å². The Kier molecular flexibility index (Phi) is 7.67. The first-order valence-corrected chi connectivity index (χ1v) is 10.8. The van der Waals surface area contributed by atoms with Crippen LogP contribution in [0.4, 0.5) is 0 Å². The molecule has 1 nitrogen and oxygen atoms in total. The second-order valence-corrected chi connectivity index (χ2v) is 8.64. The molecule has 0 amide bonds. The van der Waals surface area contributed by atoms with Gasteiger partial charge in [-0.05, 0) is 40.6 Å². The predicted octanol–water partition coefficient (Wildman–Crippen LogP) is 5.63. The molecule has 0 saturated carbocycles. The smallest absolute Gasteiger partial charge is 0.211 e. The van der Waals surface area contributed by atoms with E-state index in [1.54, 1.807) is 0 Å². The summed E-state index contributed by atoms with van der Waals surface area (Å²) in [5.41, 5.74) is 0.867. The second-order valence-electron chi connectivity index (χ2n) is 6.38. The highest BCUT2D eigenvalue weighted by atomic mass is 32.2. The second kappa shape index (κ2) is 9.77. The number of fused-ring (bicyclic) bond motifs is 1.